The number of halogens is 2. The van der Waals surface area contributed by atoms with E-state index in [4.69, 9.17) is 22.1 Å². The van der Waals surface area contributed by atoms with Crippen molar-refractivity contribution in [3.63, 3.8) is 0 Å². The lowest BCUT2D eigenvalue weighted by atomic mass is 9.89. The summed E-state index contributed by atoms with van der Waals surface area (Å²) in [5, 5.41) is 0.437. The first-order valence-corrected chi connectivity index (χ1v) is 10.3. The highest BCUT2D eigenvalue weighted by molar-refractivity contribution is 6.31. The third-order valence-corrected chi connectivity index (χ3v) is 5.40. The molecule has 3 nitrogen and oxygen atoms in total. The summed E-state index contributed by atoms with van der Waals surface area (Å²) in [5.74, 6) is 0.711. The fraction of sp³-hybridized carbons (Fsp3) is 0.240. The molecule has 1 unspecified atom stereocenters. The van der Waals surface area contributed by atoms with Crippen molar-refractivity contribution in [1.82, 2.24) is 4.98 Å². The van der Waals surface area contributed by atoms with Gasteiger partial charge in [-0.05, 0) is 60.7 Å². The van der Waals surface area contributed by atoms with Crippen molar-refractivity contribution >= 4 is 23.0 Å². The summed E-state index contributed by atoms with van der Waals surface area (Å²) >= 11 is 6.23. The number of hydrogen-bond donors (Lipinski definition) is 1. The third-order valence-electron chi connectivity index (χ3n) is 5.05. The largest absolute Gasteiger partial charge is 0.482 e. The lowest BCUT2D eigenvalue weighted by Crippen LogP contribution is -2.08. The molecule has 2 aromatic carbocycles. The van der Waals surface area contributed by atoms with Crippen LogP contribution < -0.4 is 10.5 Å². The second kappa shape index (κ2) is 9.31. The lowest BCUT2D eigenvalue weighted by Gasteiger charge is -2.19. The van der Waals surface area contributed by atoms with Gasteiger partial charge in [0, 0.05) is 22.3 Å². The maximum absolute atomic E-state index is 13.7. The number of allylic oxidation sites excluding steroid dienone is 1. The number of pyridine rings is 1. The van der Waals surface area contributed by atoms with Gasteiger partial charge in [-0.1, -0.05) is 55.8 Å². The number of nitrogen functional groups attached to an aromatic ring is 1. The van der Waals surface area contributed by atoms with Crippen LogP contribution in [0.25, 0.3) is 5.57 Å². The summed E-state index contributed by atoms with van der Waals surface area (Å²) in [4.78, 5) is 4.34. The molecule has 0 amide bonds. The van der Waals surface area contributed by atoms with Gasteiger partial charge in [-0.15, -0.1) is 0 Å². The summed E-state index contributed by atoms with van der Waals surface area (Å²) in [6.07, 6.45) is 3.31. The van der Waals surface area contributed by atoms with Gasteiger partial charge in [0.1, 0.15) is 11.9 Å². The fourth-order valence-electron chi connectivity index (χ4n) is 3.50. The first-order chi connectivity index (χ1) is 14.3. The summed E-state index contributed by atoms with van der Waals surface area (Å²) in [5.41, 5.74) is 11.0. The van der Waals surface area contributed by atoms with E-state index in [1.54, 1.807) is 13.1 Å². The molecule has 2 N–H and O–H groups in total. The second-order valence-electron chi connectivity index (χ2n) is 7.48. The van der Waals surface area contributed by atoms with Gasteiger partial charge in [-0.2, -0.15) is 0 Å². The molecule has 1 atom stereocenters. The van der Waals surface area contributed by atoms with Crippen LogP contribution in [-0.4, -0.2) is 4.98 Å². The van der Waals surface area contributed by atoms with E-state index in [9.17, 15) is 4.39 Å². The Morgan fingerprint density at radius 1 is 1.10 bits per heavy atom. The van der Waals surface area contributed by atoms with Crippen LogP contribution in [0.3, 0.4) is 0 Å². The molecular weight excluding hydrogens is 399 g/mol. The average molecular weight is 425 g/mol. The lowest BCUT2D eigenvalue weighted by molar-refractivity contribution is 0.227. The molecule has 5 heteroatoms. The molecule has 0 spiro atoms. The van der Waals surface area contributed by atoms with Gasteiger partial charge in [0.05, 0.1) is 0 Å². The molecule has 156 valence electrons. The predicted molar refractivity (Wildman–Crippen MR) is 122 cm³/mol. The van der Waals surface area contributed by atoms with Crippen molar-refractivity contribution in [3.05, 3.63) is 93.9 Å². The maximum Gasteiger partial charge on any atom is 0.166 e. The van der Waals surface area contributed by atoms with Crippen LogP contribution in [0.15, 0.2) is 60.8 Å². The highest BCUT2D eigenvalue weighted by Crippen LogP contribution is 2.35. The van der Waals surface area contributed by atoms with Crippen LogP contribution in [0.2, 0.25) is 5.02 Å². The van der Waals surface area contributed by atoms with E-state index in [-0.39, 0.29) is 11.6 Å². The third kappa shape index (κ3) is 4.65. The number of nitrogens with zero attached hydrogens (tertiary/aromatic N) is 1. The molecule has 3 rings (SSSR count). The first-order valence-electron chi connectivity index (χ1n) is 9.95. The number of rotatable bonds is 6. The van der Waals surface area contributed by atoms with Gasteiger partial charge >= 0.3 is 0 Å². The first kappa shape index (κ1) is 21.8. The van der Waals surface area contributed by atoms with E-state index in [0.717, 1.165) is 16.7 Å². The standard InChI is InChI=1S/C25H26ClFN2O/c1-5-19(21-9-7-6-8-20(21)15(2)3)17-12-24(25(28)29-14-17)30-16(4)22-13-18(27)10-11-23(22)26/h5-16H,1-4H3,(H2,28,29)/b19-5-. The molecule has 0 bridgehead atoms. The van der Waals surface area contributed by atoms with Crippen LogP contribution in [0.5, 0.6) is 5.75 Å². The van der Waals surface area contributed by atoms with Crippen LogP contribution >= 0.6 is 11.6 Å². The van der Waals surface area contributed by atoms with Gasteiger partial charge in [-0.3, -0.25) is 0 Å². The van der Waals surface area contributed by atoms with E-state index in [1.165, 1.54) is 23.8 Å². The molecule has 0 radical (unpaired) electrons. The van der Waals surface area contributed by atoms with Crippen molar-refractivity contribution in [2.75, 3.05) is 5.73 Å². The van der Waals surface area contributed by atoms with Gasteiger partial charge < -0.3 is 10.5 Å². The zero-order valence-electron chi connectivity index (χ0n) is 17.6. The Bertz CT molecular complexity index is 1080. The number of benzene rings is 2. The minimum Gasteiger partial charge on any atom is -0.482 e. The Hall–Kier alpha value is -2.85. The second-order valence-corrected chi connectivity index (χ2v) is 7.88. The molecule has 0 saturated heterocycles. The van der Waals surface area contributed by atoms with Crippen LogP contribution in [-0.2, 0) is 0 Å². The van der Waals surface area contributed by atoms with E-state index >= 15 is 0 Å². The van der Waals surface area contributed by atoms with E-state index in [2.05, 4.69) is 37.0 Å². The topological polar surface area (TPSA) is 48.1 Å². The van der Waals surface area contributed by atoms with E-state index < -0.39 is 6.10 Å². The Kier molecular flexibility index (Phi) is 6.78. The van der Waals surface area contributed by atoms with Crippen LogP contribution in [0.1, 0.15) is 62.0 Å². The summed E-state index contributed by atoms with van der Waals surface area (Å²) < 4.78 is 19.7. The highest BCUT2D eigenvalue weighted by atomic mass is 35.5. The summed E-state index contributed by atoms with van der Waals surface area (Å²) in [6.45, 7) is 8.15. The number of aromatic nitrogens is 1. The predicted octanol–water partition coefficient (Wildman–Crippen LogP) is 7.17. The van der Waals surface area contributed by atoms with Crippen molar-refractivity contribution < 1.29 is 9.13 Å². The van der Waals surface area contributed by atoms with Crippen molar-refractivity contribution in [3.8, 4) is 5.75 Å². The molecule has 0 fully saturated rings. The van der Waals surface area contributed by atoms with Crippen LogP contribution in [0, 0.1) is 5.82 Å². The molecule has 0 aliphatic heterocycles. The van der Waals surface area contributed by atoms with Crippen molar-refractivity contribution in [2.45, 2.75) is 39.7 Å². The smallest absolute Gasteiger partial charge is 0.166 e. The number of ether oxygens (including phenoxy) is 1. The Balaban J connectivity index is 1.98. The average Bonchev–Trinajstić information content (AvgIpc) is 2.72. The van der Waals surface area contributed by atoms with Gasteiger partial charge in [0.15, 0.2) is 11.6 Å². The van der Waals surface area contributed by atoms with Gasteiger partial charge in [-0.25, -0.2) is 9.37 Å². The molecule has 3 aromatic rings. The Labute approximate surface area is 182 Å². The van der Waals surface area contributed by atoms with E-state index in [1.807, 2.05) is 25.1 Å². The molecule has 30 heavy (non-hydrogen) atoms. The molecule has 0 saturated carbocycles. The van der Waals surface area contributed by atoms with Crippen molar-refractivity contribution in [1.29, 1.82) is 0 Å². The molecular formula is C25H26ClFN2O. The number of nitrogens with two attached hydrogens (primary N) is 1. The maximum atomic E-state index is 13.7. The highest BCUT2D eigenvalue weighted by Gasteiger charge is 2.17. The molecule has 1 aromatic heterocycles. The zero-order chi connectivity index (χ0) is 21.8. The SMILES string of the molecule is C/C=C(/c1cnc(N)c(OC(C)c2cc(F)ccc2Cl)c1)c1ccccc1C(C)C. The van der Waals surface area contributed by atoms with Crippen molar-refractivity contribution in [2.24, 2.45) is 0 Å². The molecule has 1 heterocycles. The molecule has 0 aliphatic rings. The summed E-state index contributed by atoms with van der Waals surface area (Å²) in [7, 11) is 0. The number of hydrogen-bond acceptors (Lipinski definition) is 3. The quantitative estimate of drug-likeness (QED) is 0.456. The van der Waals surface area contributed by atoms with Gasteiger partial charge in [0.25, 0.3) is 0 Å². The summed E-state index contributed by atoms with van der Waals surface area (Å²) in [6, 6.07) is 14.4. The van der Waals surface area contributed by atoms with E-state index in [0.29, 0.717) is 22.3 Å². The molecule has 0 aliphatic carbocycles. The zero-order valence-corrected chi connectivity index (χ0v) is 18.4. The fourth-order valence-corrected chi connectivity index (χ4v) is 3.77. The Morgan fingerprint density at radius 2 is 1.83 bits per heavy atom. The van der Waals surface area contributed by atoms with Gasteiger partial charge in [0.2, 0.25) is 0 Å². The minimum atomic E-state index is -0.496. The normalized spacial score (nSPS) is 12.8. The monoisotopic (exact) mass is 424 g/mol. The minimum absolute atomic E-state index is 0.269. The Morgan fingerprint density at radius 3 is 2.53 bits per heavy atom. The van der Waals surface area contributed by atoms with Crippen LogP contribution in [0.4, 0.5) is 10.2 Å². The number of anilines is 1.